The zero-order chi connectivity index (χ0) is 10.7. The van der Waals surface area contributed by atoms with Gasteiger partial charge in [-0.2, -0.15) is 0 Å². The van der Waals surface area contributed by atoms with Crippen LogP contribution in [0.4, 0.5) is 0 Å². The van der Waals surface area contributed by atoms with Crippen LogP contribution < -0.4 is 0 Å². The lowest BCUT2D eigenvalue weighted by Crippen LogP contribution is -2.46. The van der Waals surface area contributed by atoms with Crippen LogP contribution in [-0.4, -0.2) is 48.2 Å². The molecule has 2 atom stereocenters. The van der Waals surface area contributed by atoms with E-state index in [1.165, 1.54) is 18.9 Å². The fraction of sp³-hybridized carbons (Fsp3) is 0.778. The summed E-state index contributed by atoms with van der Waals surface area (Å²) in [5, 5.41) is 9.00. The van der Waals surface area contributed by atoms with Crippen molar-refractivity contribution in [2.45, 2.75) is 19.4 Å². The molecule has 1 saturated heterocycles. The normalized spacial score (nSPS) is 23.1. The van der Waals surface area contributed by atoms with Gasteiger partial charge in [0.1, 0.15) is 6.04 Å². The van der Waals surface area contributed by atoms with Gasteiger partial charge in [0.05, 0.1) is 6.61 Å². The number of carbonyl (C=O) groups is 2. The maximum Gasteiger partial charge on any atom is 0.326 e. The standard InChI is InChI=1S/C9H15NO4/c1-6(11)10(2)8(9(12)13)7-3-4-14-5-7/h7-8H,3-5H2,1-2H3,(H,12,13). The second-order valence-electron chi connectivity index (χ2n) is 3.54. The summed E-state index contributed by atoms with van der Waals surface area (Å²) in [6, 6.07) is -0.755. The predicted molar refractivity (Wildman–Crippen MR) is 48.8 cm³/mol. The lowest BCUT2D eigenvalue weighted by molar-refractivity contribution is -0.150. The maximum absolute atomic E-state index is 11.1. The summed E-state index contributed by atoms with van der Waals surface area (Å²) in [7, 11) is 1.51. The molecule has 0 radical (unpaired) electrons. The molecule has 0 aromatic rings. The summed E-state index contributed by atoms with van der Waals surface area (Å²) >= 11 is 0. The Balaban J connectivity index is 2.72. The summed E-state index contributed by atoms with van der Waals surface area (Å²) < 4.78 is 5.12. The Morgan fingerprint density at radius 3 is 2.57 bits per heavy atom. The van der Waals surface area contributed by atoms with Crippen molar-refractivity contribution in [3.8, 4) is 0 Å². The average molecular weight is 201 g/mol. The zero-order valence-electron chi connectivity index (χ0n) is 8.40. The Kier molecular flexibility index (Phi) is 3.46. The molecule has 5 heteroatoms. The van der Waals surface area contributed by atoms with Gasteiger partial charge < -0.3 is 14.7 Å². The Labute approximate surface area is 82.6 Å². The van der Waals surface area contributed by atoms with E-state index in [1.54, 1.807) is 0 Å². The molecule has 1 aliphatic heterocycles. The molecule has 5 nitrogen and oxygen atoms in total. The first-order valence-electron chi connectivity index (χ1n) is 4.58. The van der Waals surface area contributed by atoms with Crippen LogP contribution in [0.2, 0.25) is 0 Å². The van der Waals surface area contributed by atoms with E-state index in [2.05, 4.69) is 0 Å². The minimum absolute atomic E-state index is 0.0820. The number of ether oxygens (including phenoxy) is 1. The highest BCUT2D eigenvalue weighted by atomic mass is 16.5. The van der Waals surface area contributed by atoms with Gasteiger partial charge in [-0.25, -0.2) is 4.79 Å². The maximum atomic E-state index is 11.1. The molecular formula is C9H15NO4. The Morgan fingerprint density at radius 1 is 1.57 bits per heavy atom. The van der Waals surface area contributed by atoms with Crippen LogP contribution in [-0.2, 0) is 14.3 Å². The summed E-state index contributed by atoms with van der Waals surface area (Å²) in [6.07, 6.45) is 0.703. The average Bonchev–Trinajstić information content (AvgIpc) is 2.56. The first-order valence-corrected chi connectivity index (χ1v) is 4.58. The molecule has 1 rings (SSSR count). The summed E-state index contributed by atoms with van der Waals surface area (Å²) in [6.45, 7) is 2.38. The number of amides is 1. The fourth-order valence-electron chi connectivity index (χ4n) is 1.68. The Hall–Kier alpha value is -1.10. The van der Waals surface area contributed by atoms with E-state index in [-0.39, 0.29) is 11.8 Å². The number of likely N-dealkylation sites (N-methyl/N-ethyl adjacent to an activating group) is 1. The van der Waals surface area contributed by atoms with Crippen LogP contribution >= 0.6 is 0 Å². The predicted octanol–water partition coefficient (Wildman–Crippen LogP) is -0.0456. The number of carboxylic acids is 1. The van der Waals surface area contributed by atoms with Gasteiger partial charge in [0, 0.05) is 26.5 Å². The molecule has 0 spiro atoms. The van der Waals surface area contributed by atoms with Crippen molar-refractivity contribution in [3.05, 3.63) is 0 Å². The molecule has 80 valence electrons. The number of nitrogens with zero attached hydrogens (tertiary/aromatic N) is 1. The van der Waals surface area contributed by atoms with Crippen molar-refractivity contribution in [2.75, 3.05) is 20.3 Å². The topological polar surface area (TPSA) is 66.8 Å². The van der Waals surface area contributed by atoms with E-state index in [0.717, 1.165) is 0 Å². The summed E-state index contributed by atoms with van der Waals surface area (Å²) in [5.74, 6) is -1.27. The number of aliphatic carboxylic acids is 1. The van der Waals surface area contributed by atoms with E-state index < -0.39 is 12.0 Å². The minimum atomic E-state index is -0.960. The molecule has 2 unspecified atom stereocenters. The first-order chi connectivity index (χ1) is 6.54. The molecule has 1 N–H and O–H groups in total. The number of hydrogen-bond donors (Lipinski definition) is 1. The van der Waals surface area contributed by atoms with Gasteiger partial charge in [0.25, 0.3) is 0 Å². The lowest BCUT2D eigenvalue weighted by Gasteiger charge is -2.27. The molecule has 1 aliphatic rings. The van der Waals surface area contributed by atoms with Gasteiger partial charge in [0.2, 0.25) is 5.91 Å². The molecule has 0 bridgehead atoms. The Bertz CT molecular complexity index is 235. The molecule has 0 aliphatic carbocycles. The van der Waals surface area contributed by atoms with Crippen LogP contribution in [0.15, 0.2) is 0 Å². The molecule has 1 heterocycles. The lowest BCUT2D eigenvalue weighted by atomic mass is 9.98. The molecule has 1 amide bonds. The Morgan fingerprint density at radius 2 is 2.21 bits per heavy atom. The second kappa shape index (κ2) is 4.41. The van der Waals surface area contributed by atoms with Crippen LogP contribution in [0.25, 0.3) is 0 Å². The van der Waals surface area contributed by atoms with Gasteiger partial charge >= 0.3 is 5.97 Å². The SMILES string of the molecule is CC(=O)N(C)C(C(=O)O)C1CCOC1. The molecule has 0 aromatic carbocycles. The molecule has 0 aromatic heterocycles. The van der Waals surface area contributed by atoms with E-state index >= 15 is 0 Å². The van der Waals surface area contributed by atoms with E-state index in [9.17, 15) is 9.59 Å². The van der Waals surface area contributed by atoms with Gasteiger partial charge in [-0.1, -0.05) is 0 Å². The van der Waals surface area contributed by atoms with Gasteiger partial charge in [-0.05, 0) is 6.42 Å². The van der Waals surface area contributed by atoms with E-state index in [0.29, 0.717) is 19.6 Å². The molecule has 0 saturated carbocycles. The largest absolute Gasteiger partial charge is 0.480 e. The van der Waals surface area contributed by atoms with Gasteiger partial charge in [0.15, 0.2) is 0 Å². The number of carboxylic acid groups (broad SMARTS) is 1. The van der Waals surface area contributed by atoms with Gasteiger partial charge in [-0.15, -0.1) is 0 Å². The fourth-order valence-corrected chi connectivity index (χ4v) is 1.68. The first kappa shape index (κ1) is 11.0. The van der Waals surface area contributed by atoms with Gasteiger partial charge in [-0.3, -0.25) is 4.79 Å². The van der Waals surface area contributed by atoms with Crippen LogP contribution in [0.5, 0.6) is 0 Å². The summed E-state index contributed by atoms with van der Waals surface area (Å²) in [5.41, 5.74) is 0. The van der Waals surface area contributed by atoms with Crippen molar-refractivity contribution in [1.82, 2.24) is 4.90 Å². The highest BCUT2D eigenvalue weighted by Gasteiger charge is 2.35. The van der Waals surface area contributed by atoms with Crippen molar-refractivity contribution in [1.29, 1.82) is 0 Å². The monoisotopic (exact) mass is 201 g/mol. The third-order valence-corrected chi connectivity index (χ3v) is 2.58. The quantitative estimate of drug-likeness (QED) is 0.695. The van der Waals surface area contributed by atoms with Crippen LogP contribution in [0.3, 0.4) is 0 Å². The highest BCUT2D eigenvalue weighted by Crippen LogP contribution is 2.20. The molecule has 14 heavy (non-hydrogen) atoms. The number of carbonyl (C=O) groups excluding carboxylic acids is 1. The summed E-state index contributed by atoms with van der Waals surface area (Å²) in [4.78, 5) is 23.3. The van der Waals surface area contributed by atoms with Crippen molar-refractivity contribution < 1.29 is 19.4 Å². The number of rotatable bonds is 3. The highest BCUT2D eigenvalue weighted by molar-refractivity contribution is 5.82. The molecule has 1 fully saturated rings. The molecular weight excluding hydrogens is 186 g/mol. The van der Waals surface area contributed by atoms with E-state index in [1.807, 2.05) is 0 Å². The van der Waals surface area contributed by atoms with Crippen molar-refractivity contribution in [3.63, 3.8) is 0 Å². The zero-order valence-corrected chi connectivity index (χ0v) is 8.40. The minimum Gasteiger partial charge on any atom is -0.480 e. The smallest absolute Gasteiger partial charge is 0.326 e. The third kappa shape index (κ3) is 2.23. The van der Waals surface area contributed by atoms with Crippen molar-refractivity contribution >= 4 is 11.9 Å². The van der Waals surface area contributed by atoms with Crippen LogP contribution in [0.1, 0.15) is 13.3 Å². The third-order valence-electron chi connectivity index (χ3n) is 2.58. The second-order valence-corrected chi connectivity index (χ2v) is 3.54. The number of hydrogen-bond acceptors (Lipinski definition) is 3. The van der Waals surface area contributed by atoms with Crippen LogP contribution in [0, 0.1) is 5.92 Å². The van der Waals surface area contributed by atoms with Crippen molar-refractivity contribution in [2.24, 2.45) is 5.92 Å². The van der Waals surface area contributed by atoms with E-state index in [4.69, 9.17) is 9.84 Å².